The van der Waals surface area contributed by atoms with Crippen LogP contribution in [0.25, 0.3) is 0 Å². The Kier molecular flexibility index (Phi) is 4.51. The van der Waals surface area contributed by atoms with Gasteiger partial charge in [0.2, 0.25) is 0 Å². The van der Waals surface area contributed by atoms with E-state index < -0.39 is 0 Å². The molecule has 3 heteroatoms. The predicted octanol–water partition coefficient (Wildman–Crippen LogP) is 3.85. The van der Waals surface area contributed by atoms with Crippen LogP contribution in [0.5, 0.6) is 0 Å². The van der Waals surface area contributed by atoms with Crippen molar-refractivity contribution in [3.05, 3.63) is 59.9 Å². The summed E-state index contributed by atoms with van der Waals surface area (Å²) in [5.41, 5.74) is 3.84. The molecule has 1 fully saturated rings. The number of likely N-dealkylation sites (tertiary alicyclic amines) is 1. The number of aromatic nitrogens is 1. The van der Waals surface area contributed by atoms with Crippen LogP contribution in [0.4, 0.5) is 5.69 Å². The molecule has 1 N–H and O–H groups in total. The van der Waals surface area contributed by atoms with Crippen LogP contribution in [0, 0.1) is 0 Å². The highest BCUT2D eigenvalue weighted by Gasteiger charge is 2.14. The molecule has 0 bridgehead atoms. The first-order valence-corrected chi connectivity index (χ1v) is 7.79. The Morgan fingerprint density at radius 2 is 1.95 bits per heavy atom. The number of nitrogens with zero attached hydrogens (tertiary/aromatic N) is 2. The summed E-state index contributed by atoms with van der Waals surface area (Å²) in [4.78, 5) is 6.74. The highest BCUT2D eigenvalue weighted by molar-refractivity contribution is 5.52. The molecule has 0 radical (unpaired) electrons. The molecule has 0 aliphatic carbocycles. The molecule has 2 heterocycles. The molecule has 1 aromatic heterocycles. The van der Waals surface area contributed by atoms with Gasteiger partial charge in [-0.3, -0.25) is 9.88 Å². The van der Waals surface area contributed by atoms with Gasteiger partial charge in [0.25, 0.3) is 0 Å². The minimum atomic E-state index is 0.262. The van der Waals surface area contributed by atoms with Crippen molar-refractivity contribution in [2.24, 2.45) is 0 Å². The zero-order valence-electron chi connectivity index (χ0n) is 12.6. The van der Waals surface area contributed by atoms with Crippen LogP contribution < -0.4 is 5.32 Å². The van der Waals surface area contributed by atoms with Gasteiger partial charge >= 0.3 is 0 Å². The zero-order chi connectivity index (χ0) is 14.5. The fraction of sp³-hybridized carbons (Fsp3) is 0.389. The van der Waals surface area contributed by atoms with Crippen molar-refractivity contribution >= 4 is 5.69 Å². The van der Waals surface area contributed by atoms with Gasteiger partial charge in [-0.2, -0.15) is 0 Å². The monoisotopic (exact) mass is 281 g/mol. The lowest BCUT2D eigenvalue weighted by molar-refractivity contribution is 0.332. The first kappa shape index (κ1) is 14.1. The molecule has 110 valence electrons. The SMILES string of the molecule is CC(Nc1ccccc1CN1CCCC1)c1cccnc1. The largest absolute Gasteiger partial charge is 0.378 e. The molecule has 1 aliphatic heterocycles. The molecule has 21 heavy (non-hydrogen) atoms. The molecular weight excluding hydrogens is 258 g/mol. The van der Waals surface area contributed by atoms with Crippen LogP contribution in [-0.2, 0) is 6.54 Å². The molecule has 1 atom stereocenters. The topological polar surface area (TPSA) is 28.2 Å². The van der Waals surface area contributed by atoms with Gasteiger partial charge in [-0.15, -0.1) is 0 Å². The van der Waals surface area contributed by atoms with E-state index in [0.717, 1.165) is 6.54 Å². The Balaban J connectivity index is 1.72. The van der Waals surface area contributed by atoms with Crippen molar-refractivity contribution in [1.29, 1.82) is 0 Å². The minimum absolute atomic E-state index is 0.262. The standard InChI is InChI=1S/C18H23N3/c1-15(16-8-6-10-19-13-16)20-18-9-3-2-7-17(18)14-21-11-4-5-12-21/h2-3,6-10,13,15,20H,4-5,11-12,14H2,1H3. The molecule has 1 saturated heterocycles. The van der Waals surface area contributed by atoms with Crippen LogP contribution in [0.15, 0.2) is 48.8 Å². The third-order valence-corrected chi connectivity index (χ3v) is 4.17. The van der Waals surface area contributed by atoms with Gasteiger partial charge in [0.05, 0.1) is 6.04 Å². The number of para-hydroxylation sites is 1. The lowest BCUT2D eigenvalue weighted by atomic mass is 10.1. The Labute approximate surface area is 127 Å². The molecule has 1 unspecified atom stereocenters. The second kappa shape index (κ2) is 6.72. The third kappa shape index (κ3) is 3.61. The zero-order valence-corrected chi connectivity index (χ0v) is 12.6. The van der Waals surface area contributed by atoms with E-state index in [-0.39, 0.29) is 6.04 Å². The summed E-state index contributed by atoms with van der Waals surface area (Å²) < 4.78 is 0. The van der Waals surface area contributed by atoms with Crippen molar-refractivity contribution in [2.75, 3.05) is 18.4 Å². The number of pyridine rings is 1. The molecule has 3 nitrogen and oxygen atoms in total. The van der Waals surface area contributed by atoms with E-state index in [4.69, 9.17) is 0 Å². The lowest BCUT2D eigenvalue weighted by Crippen LogP contribution is -2.19. The first-order chi connectivity index (χ1) is 10.3. The maximum atomic E-state index is 4.20. The van der Waals surface area contributed by atoms with Crippen molar-refractivity contribution < 1.29 is 0 Å². The van der Waals surface area contributed by atoms with E-state index in [1.807, 2.05) is 18.5 Å². The normalized spacial score (nSPS) is 16.8. The molecule has 1 aliphatic rings. The first-order valence-electron chi connectivity index (χ1n) is 7.79. The van der Waals surface area contributed by atoms with Crippen LogP contribution in [0.2, 0.25) is 0 Å². The maximum Gasteiger partial charge on any atom is 0.0500 e. The van der Waals surface area contributed by atoms with E-state index in [0.29, 0.717) is 0 Å². The van der Waals surface area contributed by atoms with Gasteiger partial charge in [0, 0.05) is 24.6 Å². The second-order valence-corrected chi connectivity index (χ2v) is 5.79. The predicted molar refractivity (Wildman–Crippen MR) is 87.2 cm³/mol. The van der Waals surface area contributed by atoms with E-state index in [1.165, 1.54) is 42.7 Å². The highest BCUT2D eigenvalue weighted by Crippen LogP contribution is 2.24. The summed E-state index contributed by atoms with van der Waals surface area (Å²) in [5.74, 6) is 0. The lowest BCUT2D eigenvalue weighted by Gasteiger charge is -2.21. The maximum absolute atomic E-state index is 4.20. The summed E-state index contributed by atoms with van der Waals surface area (Å²) in [6.07, 6.45) is 6.42. The van der Waals surface area contributed by atoms with E-state index in [9.17, 15) is 0 Å². The van der Waals surface area contributed by atoms with Crippen LogP contribution in [0.3, 0.4) is 0 Å². The van der Waals surface area contributed by atoms with E-state index >= 15 is 0 Å². The quantitative estimate of drug-likeness (QED) is 0.902. The van der Waals surface area contributed by atoms with Gasteiger partial charge in [-0.25, -0.2) is 0 Å². The van der Waals surface area contributed by atoms with Crippen molar-refractivity contribution in [3.8, 4) is 0 Å². The Hall–Kier alpha value is -1.87. The van der Waals surface area contributed by atoms with Gasteiger partial charge < -0.3 is 5.32 Å². The van der Waals surface area contributed by atoms with E-state index in [1.54, 1.807) is 0 Å². The molecule has 2 aromatic rings. The molecular formula is C18H23N3. The summed E-state index contributed by atoms with van der Waals surface area (Å²) >= 11 is 0. The summed E-state index contributed by atoms with van der Waals surface area (Å²) in [6.45, 7) is 5.69. The van der Waals surface area contributed by atoms with Crippen molar-refractivity contribution in [2.45, 2.75) is 32.4 Å². The molecule has 3 rings (SSSR count). The number of hydrogen-bond donors (Lipinski definition) is 1. The fourth-order valence-corrected chi connectivity index (χ4v) is 2.93. The van der Waals surface area contributed by atoms with Crippen molar-refractivity contribution in [1.82, 2.24) is 9.88 Å². The number of anilines is 1. The van der Waals surface area contributed by atoms with Gasteiger partial charge in [0.1, 0.15) is 0 Å². The smallest absolute Gasteiger partial charge is 0.0500 e. The van der Waals surface area contributed by atoms with Gasteiger partial charge in [0.15, 0.2) is 0 Å². The molecule has 0 saturated carbocycles. The summed E-state index contributed by atoms with van der Waals surface area (Å²) in [6, 6.07) is 13.0. The van der Waals surface area contributed by atoms with Crippen LogP contribution >= 0.6 is 0 Å². The third-order valence-electron chi connectivity index (χ3n) is 4.17. The fourth-order valence-electron chi connectivity index (χ4n) is 2.93. The molecule has 0 amide bonds. The summed E-state index contributed by atoms with van der Waals surface area (Å²) in [5, 5.41) is 3.63. The Morgan fingerprint density at radius 1 is 1.14 bits per heavy atom. The number of hydrogen-bond acceptors (Lipinski definition) is 3. The summed E-state index contributed by atoms with van der Waals surface area (Å²) in [7, 11) is 0. The number of nitrogens with one attached hydrogen (secondary N) is 1. The molecule has 0 spiro atoms. The Morgan fingerprint density at radius 3 is 2.71 bits per heavy atom. The van der Waals surface area contributed by atoms with Crippen LogP contribution in [0.1, 0.15) is 36.9 Å². The highest BCUT2D eigenvalue weighted by atomic mass is 15.1. The number of benzene rings is 1. The second-order valence-electron chi connectivity index (χ2n) is 5.79. The van der Waals surface area contributed by atoms with Crippen LogP contribution in [-0.4, -0.2) is 23.0 Å². The average molecular weight is 281 g/mol. The van der Waals surface area contributed by atoms with Gasteiger partial charge in [-0.05, 0) is 56.1 Å². The molecule has 1 aromatic carbocycles. The van der Waals surface area contributed by atoms with Crippen molar-refractivity contribution in [3.63, 3.8) is 0 Å². The van der Waals surface area contributed by atoms with Gasteiger partial charge in [-0.1, -0.05) is 24.3 Å². The average Bonchev–Trinajstić information content (AvgIpc) is 3.03. The number of rotatable bonds is 5. The minimum Gasteiger partial charge on any atom is -0.378 e. The van der Waals surface area contributed by atoms with E-state index in [2.05, 4.69) is 52.5 Å². The Bertz CT molecular complexity index is 562.